The fraction of sp³-hybridized carbons (Fsp3) is 0.455. The number of aliphatic hydroxyl groups is 1. The molecule has 0 amide bonds. The Morgan fingerprint density at radius 1 is 1.29 bits per heavy atom. The third-order valence-electron chi connectivity index (χ3n) is 2.50. The maximum absolute atomic E-state index is 12.6. The largest absolute Gasteiger partial charge is 0.382 e. The third-order valence-corrected chi connectivity index (χ3v) is 6.29. The lowest BCUT2D eigenvalue weighted by Gasteiger charge is -2.29. The highest BCUT2D eigenvalue weighted by Gasteiger charge is 2.38. The van der Waals surface area contributed by atoms with Crippen molar-refractivity contribution in [2.75, 3.05) is 6.16 Å². The van der Waals surface area contributed by atoms with E-state index in [1.807, 2.05) is 37.3 Å². The second-order valence-corrected chi connectivity index (χ2v) is 7.61. The van der Waals surface area contributed by atoms with Crippen LogP contribution in [0, 0.1) is 0 Å². The highest BCUT2D eigenvalue weighted by atomic mass is 31.2. The first kappa shape index (κ1) is 11.5. The summed E-state index contributed by atoms with van der Waals surface area (Å²) in [6, 6.07) is 9.23. The van der Waals surface area contributed by atoms with Gasteiger partial charge in [0.25, 0.3) is 0 Å². The maximum Gasteiger partial charge on any atom is 0.144 e. The van der Waals surface area contributed by atoms with Gasteiger partial charge < -0.3 is 9.67 Å². The summed E-state index contributed by atoms with van der Waals surface area (Å²) in [6.45, 7) is 5.08. The van der Waals surface area contributed by atoms with E-state index in [0.29, 0.717) is 6.16 Å². The van der Waals surface area contributed by atoms with Crippen LogP contribution in [0.1, 0.15) is 20.8 Å². The molecule has 14 heavy (non-hydrogen) atoms. The van der Waals surface area contributed by atoms with E-state index in [1.165, 1.54) is 0 Å². The summed E-state index contributed by atoms with van der Waals surface area (Å²) in [7, 11) is -2.68. The fourth-order valence-corrected chi connectivity index (χ4v) is 3.98. The quantitative estimate of drug-likeness (QED) is 0.781. The number of benzene rings is 1. The molecular formula is C11H17O2P. The van der Waals surface area contributed by atoms with Gasteiger partial charge in [0.1, 0.15) is 12.5 Å². The zero-order valence-electron chi connectivity index (χ0n) is 8.90. The van der Waals surface area contributed by atoms with Crippen molar-refractivity contribution in [1.82, 2.24) is 0 Å². The van der Waals surface area contributed by atoms with Gasteiger partial charge in [-0.15, -0.1) is 0 Å². The topological polar surface area (TPSA) is 37.3 Å². The van der Waals surface area contributed by atoms with E-state index >= 15 is 0 Å². The van der Waals surface area contributed by atoms with Gasteiger partial charge in [-0.05, 0) is 13.8 Å². The first-order valence-electron chi connectivity index (χ1n) is 4.79. The highest BCUT2D eigenvalue weighted by molar-refractivity contribution is 7.72. The smallest absolute Gasteiger partial charge is 0.144 e. The Hall–Kier alpha value is -0.590. The molecule has 1 aromatic carbocycles. The molecule has 0 heterocycles. The first-order chi connectivity index (χ1) is 6.42. The Balaban J connectivity index is 3.23. The molecular weight excluding hydrogens is 195 g/mol. The van der Waals surface area contributed by atoms with Crippen molar-refractivity contribution >= 4 is 12.4 Å². The van der Waals surface area contributed by atoms with Crippen LogP contribution in [0.3, 0.4) is 0 Å². The zero-order chi connectivity index (χ0) is 10.8. The van der Waals surface area contributed by atoms with Gasteiger partial charge in [-0.3, -0.25) is 0 Å². The SMILES string of the molecule is CC[P@](=O)(c1ccccc1)C(C)(C)O. The lowest BCUT2D eigenvalue weighted by molar-refractivity contribution is 0.164. The molecule has 3 heteroatoms. The van der Waals surface area contributed by atoms with Crippen LogP contribution in [0.25, 0.3) is 0 Å². The second-order valence-electron chi connectivity index (χ2n) is 3.89. The van der Waals surface area contributed by atoms with Crippen LogP contribution in [0.5, 0.6) is 0 Å². The van der Waals surface area contributed by atoms with Crippen LogP contribution in [0.15, 0.2) is 30.3 Å². The molecule has 78 valence electrons. The molecule has 0 fully saturated rings. The zero-order valence-corrected chi connectivity index (χ0v) is 9.79. The van der Waals surface area contributed by atoms with Crippen molar-refractivity contribution in [3.63, 3.8) is 0 Å². The Bertz CT molecular complexity index is 338. The van der Waals surface area contributed by atoms with E-state index in [-0.39, 0.29) is 0 Å². The van der Waals surface area contributed by atoms with Crippen molar-refractivity contribution in [3.05, 3.63) is 30.3 Å². The van der Waals surface area contributed by atoms with Gasteiger partial charge in [-0.2, -0.15) is 0 Å². The van der Waals surface area contributed by atoms with E-state index in [1.54, 1.807) is 13.8 Å². The maximum atomic E-state index is 12.6. The Labute approximate surface area is 85.3 Å². The summed E-state index contributed by atoms with van der Waals surface area (Å²) in [5, 5.41) is 9.55. The first-order valence-corrected chi connectivity index (χ1v) is 6.68. The van der Waals surface area contributed by atoms with Gasteiger partial charge in [0, 0.05) is 11.5 Å². The number of hydrogen-bond acceptors (Lipinski definition) is 2. The van der Waals surface area contributed by atoms with Crippen LogP contribution in [-0.2, 0) is 4.57 Å². The second kappa shape index (κ2) is 3.88. The van der Waals surface area contributed by atoms with Crippen molar-refractivity contribution < 1.29 is 9.67 Å². The molecule has 0 spiro atoms. The monoisotopic (exact) mass is 212 g/mol. The van der Waals surface area contributed by atoms with Gasteiger partial charge in [-0.25, -0.2) is 0 Å². The summed E-state index contributed by atoms with van der Waals surface area (Å²) in [4.78, 5) is 0. The Kier molecular flexibility index (Phi) is 3.18. The molecule has 1 atom stereocenters. The predicted octanol–water partition coefficient (Wildman–Crippen LogP) is 2.42. The predicted molar refractivity (Wildman–Crippen MR) is 60.5 cm³/mol. The normalized spacial score (nSPS) is 16.3. The summed E-state index contributed by atoms with van der Waals surface area (Å²) < 4.78 is 12.6. The molecule has 0 aliphatic carbocycles. The Morgan fingerprint density at radius 2 is 1.79 bits per heavy atom. The lowest BCUT2D eigenvalue weighted by atomic mass is 10.4. The van der Waals surface area contributed by atoms with Gasteiger partial charge in [0.15, 0.2) is 0 Å². The highest BCUT2D eigenvalue weighted by Crippen LogP contribution is 2.54. The van der Waals surface area contributed by atoms with Crippen LogP contribution in [0.2, 0.25) is 0 Å². The molecule has 0 saturated carbocycles. The summed E-state index contributed by atoms with van der Waals surface area (Å²) in [6.07, 6.45) is 0.487. The molecule has 0 aromatic heterocycles. The van der Waals surface area contributed by atoms with E-state index < -0.39 is 12.5 Å². The molecule has 0 unspecified atom stereocenters. The van der Waals surface area contributed by atoms with E-state index in [4.69, 9.17) is 0 Å². The minimum atomic E-state index is -2.68. The molecule has 2 nitrogen and oxygen atoms in total. The Morgan fingerprint density at radius 3 is 2.14 bits per heavy atom. The lowest BCUT2D eigenvalue weighted by Crippen LogP contribution is -2.27. The van der Waals surface area contributed by atoms with Crippen molar-refractivity contribution in [3.8, 4) is 0 Å². The van der Waals surface area contributed by atoms with Crippen molar-refractivity contribution in [1.29, 1.82) is 0 Å². The molecule has 0 bridgehead atoms. The minimum absolute atomic E-state index is 0.487. The van der Waals surface area contributed by atoms with E-state index in [0.717, 1.165) is 5.30 Å². The molecule has 1 aromatic rings. The van der Waals surface area contributed by atoms with Gasteiger partial charge in [0.2, 0.25) is 0 Å². The average molecular weight is 212 g/mol. The van der Waals surface area contributed by atoms with Crippen LogP contribution in [-0.4, -0.2) is 16.6 Å². The molecule has 0 aliphatic rings. The average Bonchev–Trinajstić information content (AvgIpc) is 2.16. The van der Waals surface area contributed by atoms with Crippen molar-refractivity contribution in [2.24, 2.45) is 0 Å². The summed E-state index contributed by atoms with van der Waals surface area (Å²) in [5.41, 5.74) is 0. The number of rotatable bonds is 3. The van der Waals surface area contributed by atoms with Crippen LogP contribution >= 0.6 is 7.14 Å². The summed E-state index contributed by atoms with van der Waals surface area (Å²) >= 11 is 0. The minimum Gasteiger partial charge on any atom is -0.382 e. The molecule has 1 N–H and O–H groups in total. The summed E-state index contributed by atoms with van der Waals surface area (Å²) in [5.74, 6) is 0. The molecule has 0 aliphatic heterocycles. The van der Waals surface area contributed by atoms with Gasteiger partial charge in [-0.1, -0.05) is 37.3 Å². The van der Waals surface area contributed by atoms with E-state index in [2.05, 4.69) is 0 Å². The molecule has 0 radical (unpaired) electrons. The fourth-order valence-electron chi connectivity index (χ4n) is 1.55. The van der Waals surface area contributed by atoms with Crippen molar-refractivity contribution in [2.45, 2.75) is 26.1 Å². The molecule has 1 rings (SSSR count). The van der Waals surface area contributed by atoms with Gasteiger partial charge in [0.05, 0.1) is 0 Å². The standard InChI is InChI=1S/C11H17O2P/c1-4-14(13,11(2,3)12)10-8-6-5-7-9-10/h5-9,12H,4H2,1-3H3/t14-/m0/s1. The van der Waals surface area contributed by atoms with Crippen LogP contribution in [0.4, 0.5) is 0 Å². The number of hydrogen-bond donors (Lipinski definition) is 1. The van der Waals surface area contributed by atoms with E-state index in [9.17, 15) is 9.67 Å². The van der Waals surface area contributed by atoms with Crippen LogP contribution < -0.4 is 5.30 Å². The van der Waals surface area contributed by atoms with Gasteiger partial charge >= 0.3 is 0 Å². The molecule has 0 saturated heterocycles. The third kappa shape index (κ3) is 1.92.